The molecule has 19 heavy (non-hydrogen) atoms. The summed E-state index contributed by atoms with van der Waals surface area (Å²) in [5.41, 5.74) is 1.08. The van der Waals surface area contributed by atoms with Crippen LogP contribution in [0.25, 0.3) is 0 Å². The van der Waals surface area contributed by atoms with Crippen LogP contribution in [0, 0.1) is 0 Å². The minimum Gasteiger partial charge on any atom is -0.312 e. The number of hydrogen-bond acceptors (Lipinski definition) is 4. The summed E-state index contributed by atoms with van der Waals surface area (Å²) in [4.78, 5) is 0. The van der Waals surface area contributed by atoms with Crippen molar-refractivity contribution in [3.63, 3.8) is 0 Å². The van der Waals surface area contributed by atoms with Gasteiger partial charge in [-0.2, -0.15) is 0 Å². The van der Waals surface area contributed by atoms with Gasteiger partial charge in [-0.05, 0) is 18.1 Å². The highest BCUT2D eigenvalue weighted by Gasteiger charge is 2.26. The quantitative estimate of drug-likeness (QED) is 0.776. The third-order valence-electron chi connectivity index (χ3n) is 3.24. The van der Waals surface area contributed by atoms with Gasteiger partial charge in [0, 0.05) is 30.7 Å². The highest BCUT2D eigenvalue weighted by Crippen LogP contribution is 2.14. The number of halogens is 1. The zero-order chi connectivity index (χ0) is 13.7. The topological polar surface area (TPSA) is 58.2 Å². The largest absolute Gasteiger partial charge is 0.312 e. The maximum Gasteiger partial charge on any atom is 0.151 e. The van der Waals surface area contributed by atoms with Gasteiger partial charge in [-0.1, -0.05) is 29.8 Å². The maximum absolute atomic E-state index is 11.3. The van der Waals surface area contributed by atoms with Crippen LogP contribution in [-0.2, 0) is 16.4 Å². The van der Waals surface area contributed by atoms with E-state index in [-0.39, 0.29) is 11.8 Å². The van der Waals surface area contributed by atoms with Crippen molar-refractivity contribution in [2.45, 2.75) is 19.0 Å². The minimum absolute atomic E-state index is 0.118. The van der Waals surface area contributed by atoms with E-state index in [1.165, 1.54) is 0 Å². The van der Waals surface area contributed by atoms with Crippen molar-refractivity contribution in [2.24, 2.45) is 0 Å². The first-order valence-corrected chi connectivity index (χ1v) is 8.65. The molecule has 2 rings (SSSR count). The Morgan fingerprint density at radius 3 is 2.74 bits per heavy atom. The van der Waals surface area contributed by atoms with Crippen LogP contribution in [0.2, 0.25) is 5.02 Å². The van der Waals surface area contributed by atoms with Gasteiger partial charge in [-0.15, -0.1) is 0 Å². The van der Waals surface area contributed by atoms with Crippen LogP contribution < -0.4 is 10.6 Å². The van der Waals surface area contributed by atoms with Crippen LogP contribution in [0.1, 0.15) is 12.0 Å². The monoisotopic (exact) mass is 302 g/mol. The molecule has 0 amide bonds. The Balaban J connectivity index is 1.62. The smallest absolute Gasteiger partial charge is 0.151 e. The van der Waals surface area contributed by atoms with Crippen molar-refractivity contribution < 1.29 is 8.42 Å². The minimum atomic E-state index is -2.79. The SMILES string of the molecule is O=S1(=O)CC[C@@H](NCCNCc2ccccc2Cl)C1. The van der Waals surface area contributed by atoms with E-state index in [4.69, 9.17) is 11.6 Å². The average Bonchev–Trinajstić information content (AvgIpc) is 2.71. The van der Waals surface area contributed by atoms with Crippen LogP contribution in [0.15, 0.2) is 24.3 Å². The molecule has 2 N–H and O–H groups in total. The lowest BCUT2D eigenvalue weighted by molar-refractivity contribution is 0.533. The molecule has 0 spiro atoms. The lowest BCUT2D eigenvalue weighted by Gasteiger charge is -2.11. The Morgan fingerprint density at radius 2 is 2.05 bits per heavy atom. The van der Waals surface area contributed by atoms with Crippen LogP contribution in [-0.4, -0.2) is 39.1 Å². The molecule has 1 fully saturated rings. The summed E-state index contributed by atoms with van der Waals surface area (Å²) in [6.07, 6.45) is 0.729. The second-order valence-electron chi connectivity index (χ2n) is 4.82. The maximum atomic E-state index is 11.3. The molecule has 1 saturated heterocycles. The third kappa shape index (κ3) is 4.76. The van der Waals surface area contributed by atoms with Gasteiger partial charge in [-0.3, -0.25) is 0 Å². The number of sulfone groups is 1. The van der Waals surface area contributed by atoms with Gasteiger partial charge < -0.3 is 10.6 Å². The third-order valence-corrected chi connectivity index (χ3v) is 5.38. The fourth-order valence-electron chi connectivity index (χ4n) is 2.19. The molecule has 0 saturated carbocycles. The van der Waals surface area contributed by atoms with Gasteiger partial charge in [0.05, 0.1) is 11.5 Å². The molecule has 0 unspecified atom stereocenters. The summed E-state index contributed by atoms with van der Waals surface area (Å²) in [5, 5.41) is 7.32. The lowest BCUT2D eigenvalue weighted by atomic mass is 10.2. The summed E-state index contributed by atoms with van der Waals surface area (Å²) in [6.45, 7) is 2.29. The molecule has 1 aromatic rings. The van der Waals surface area contributed by atoms with Gasteiger partial charge in [0.1, 0.15) is 0 Å². The first-order chi connectivity index (χ1) is 9.07. The second-order valence-corrected chi connectivity index (χ2v) is 7.46. The van der Waals surface area contributed by atoms with Crippen LogP contribution in [0.5, 0.6) is 0 Å². The van der Waals surface area contributed by atoms with Crippen molar-refractivity contribution in [1.82, 2.24) is 10.6 Å². The number of rotatable bonds is 6. The zero-order valence-electron chi connectivity index (χ0n) is 10.7. The molecule has 1 heterocycles. The van der Waals surface area contributed by atoms with Crippen molar-refractivity contribution in [3.05, 3.63) is 34.9 Å². The predicted molar refractivity (Wildman–Crippen MR) is 78.2 cm³/mol. The molecule has 6 heteroatoms. The van der Waals surface area contributed by atoms with E-state index in [1.54, 1.807) is 0 Å². The highest BCUT2D eigenvalue weighted by atomic mass is 35.5. The molecule has 1 aliphatic heterocycles. The Hall–Kier alpha value is -0.620. The fraction of sp³-hybridized carbons (Fsp3) is 0.538. The van der Waals surface area contributed by atoms with Gasteiger partial charge in [0.2, 0.25) is 0 Å². The first kappa shape index (κ1) is 14.8. The van der Waals surface area contributed by atoms with Crippen molar-refractivity contribution in [3.8, 4) is 0 Å². The summed E-state index contributed by atoms with van der Waals surface area (Å²) in [5.74, 6) is 0.592. The summed E-state index contributed by atoms with van der Waals surface area (Å²) < 4.78 is 22.6. The molecule has 0 bridgehead atoms. The average molecular weight is 303 g/mol. The Kier molecular flexibility index (Phi) is 5.21. The van der Waals surface area contributed by atoms with Crippen LogP contribution in [0.3, 0.4) is 0 Å². The van der Waals surface area contributed by atoms with Gasteiger partial charge >= 0.3 is 0 Å². The molecule has 1 aromatic carbocycles. The summed E-state index contributed by atoms with van der Waals surface area (Å²) in [7, 11) is -2.79. The molecular weight excluding hydrogens is 284 g/mol. The summed E-state index contributed by atoms with van der Waals surface area (Å²) in [6, 6.07) is 7.86. The van der Waals surface area contributed by atoms with E-state index in [1.807, 2.05) is 24.3 Å². The molecular formula is C13H19ClN2O2S. The van der Waals surface area contributed by atoms with Crippen LogP contribution in [0.4, 0.5) is 0 Å². The standard InChI is InChI=1S/C13H19ClN2O2S/c14-13-4-2-1-3-11(13)9-15-6-7-16-12-5-8-19(17,18)10-12/h1-4,12,15-16H,5-10H2/t12-/m1/s1. The number of benzene rings is 1. The van der Waals surface area contributed by atoms with E-state index >= 15 is 0 Å². The Labute approximate surface area is 119 Å². The Bertz CT molecular complexity index is 519. The molecule has 0 aromatic heterocycles. The molecule has 0 aliphatic carbocycles. The fourth-order valence-corrected chi connectivity index (χ4v) is 4.10. The van der Waals surface area contributed by atoms with Crippen molar-refractivity contribution in [2.75, 3.05) is 24.6 Å². The predicted octanol–water partition coefficient (Wildman–Crippen LogP) is 1.21. The normalized spacial score (nSPS) is 21.6. The summed E-state index contributed by atoms with van der Waals surface area (Å²) >= 11 is 6.05. The van der Waals surface area contributed by atoms with E-state index in [9.17, 15) is 8.42 Å². The van der Waals surface area contributed by atoms with E-state index in [0.717, 1.165) is 36.6 Å². The Morgan fingerprint density at radius 1 is 1.26 bits per heavy atom. The number of hydrogen-bond donors (Lipinski definition) is 2. The molecule has 0 radical (unpaired) electrons. The zero-order valence-corrected chi connectivity index (χ0v) is 12.3. The van der Waals surface area contributed by atoms with Gasteiger partial charge in [-0.25, -0.2) is 8.42 Å². The molecule has 106 valence electrons. The van der Waals surface area contributed by atoms with Crippen molar-refractivity contribution in [1.29, 1.82) is 0 Å². The highest BCUT2D eigenvalue weighted by molar-refractivity contribution is 7.91. The van der Waals surface area contributed by atoms with E-state index in [2.05, 4.69) is 10.6 Å². The molecule has 1 aliphatic rings. The lowest BCUT2D eigenvalue weighted by Crippen LogP contribution is -2.35. The second kappa shape index (κ2) is 6.70. The molecule has 1 atom stereocenters. The van der Waals surface area contributed by atoms with Crippen LogP contribution >= 0.6 is 11.6 Å². The molecule has 4 nitrogen and oxygen atoms in total. The van der Waals surface area contributed by atoms with E-state index in [0.29, 0.717) is 5.75 Å². The van der Waals surface area contributed by atoms with Gasteiger partial charge in [0.25, 0.3) is 0 Å². The first-order valence-electron chi connectivity index (χ1n) is 6.45. The van der Waals surface area contributed by atoms with Crippen molar-refractivity contribution >= 4 is 21.4 Å². The number of nitrogens with one attached hydrogen (secondary N) is 2. The van der Waals surface area contributed by atoms with Gasteiger partial charge in [0.15, 0.2) is 9.84 Å². The van der Waals surface area contributed by atoms with E-state index < -0.39 is 9.84 Å².